The van der Waals surface area contributed by atoms with Crippen LogP contribution in [0.1, 0.15) is 34.7 Å². The van der Waals surface area contributed by atoms with Gasteiger partial charge >= 0.3 is 0 Å². The first-order chi connectivity index (χ1) is 11.0. The van der Waals surface area contributed by atoms with Crippen molar-refractivity contribution in [1.29, 1.82) is 0 Å². The molecule has 6 heteroatoms. The average molecular weight is 590 g/mol. The first-order valence-corrected chi connectivity index (χ1v) is 7.98. The molecule has 2 N–H and O–H groups in total. The molecule has 0 saturated carbocycles. The van der Waals surface area contributed by atoms with Crippen LogP contribution in [-0.2, 0) is 0 Å². The first-order valence-electron chi connectivity index (χ1n) is 7.22. The van der Waals surface area contributed by atoms with E-state index in [9.17, 15) is 9.90 Å². The van der Waals surface area contributed by atoms with Gasteiger partial charge in [-0.25, -0.2) is 0 Å². The fourth-order valence-corrected chi connectivity index (χ4v) is 2.70. The van der Waals surface area contributed by atoms with Crippen LogP contribution in [-0.4, -0.2) is 22.1 Å². The molecule has 0 spiro atoms. The smallest absolute Gasteiger partial charge is 0.170 e. The Balaban J connectivity index is 0.00000288. The summed E-state index contributed by atoms with van der Waals surface area (Å²) in [6.45, 7) is 0.721. The SMILES string of the molecule is O=C(c1ccccc1)C(CCC(O)[CH-]O)c1ccc(Cl)c(Cl)c1.[U]. The van der Waals surface area contributed by atoms with Gasteiger partial charge in [0.1, 0.15) is 0 Å². The molecule has 2 unspecified atom stereocenters. The van der Waals surface area contributed by atoms with Gasteiger partial charge in [0.25, 0.3) is 0 Å². The number of halogens is 2. The van der Waals surface area contributed by atoms with Crippen LogP contribution in [0.15, 0.2) is 48.5 Å². The third-order valence-corrected chi connectivity index (χ3v) is 4.38. The van der Waals surface area contributed by atoms with E-state index in [1.54, 1.807) is 42.5 Å². The third-order valence-electron chi connectivity index (χ3n) is 3.64. The summed E-state index contributed by atoms with van der Waals surface area (Å²) in [4.78, 5) is 12.8. The van der Waals surface area contributed by atoms with Crippen LogP contribution in [0.25, 0.3) is 0 Å². The van der Waals surface area contributed by atoms with Gasteiger partial charge in [-0.15, -0.1) is 0 Å². The maximum atomic E-state index is 12.8. The Morgan fingerprint density at radius 1 is 1.04 bits per heavy atom. The minimum absolute atomic E-state index is 0. The van der Waals surface area contributed by atoms with Gasteiger partial charge in [0.2, 0.25) is 0 Å². The number of carbonyl (C=O) groups is 1. The number of carbonyl (C=O) groups excluding carboxylic acids is 1. The number of rotatable bonds is 7. The monoisotopic (exact) mass is 589 g/mol. The van der Waals surface area contributed by atoms with E-state index >= 15 is 0 Å². The summed E-state index contributed by atoms with van der Waals surface area (Å²) in [5.41, 5.74) is 1.32. The van der Waals surface area contributed by atoms with E-state index < -0.39 is 12.0 Å². The van der Waals surface area contributed by atoms with Crippen molar-refractivity contribution in [3.05, 3.63) is 76.3 Å². The van der Waals surface area contributed by atoms with E-state index in [1.165, 1.54) is 0 Å². The molecule has 0 heterocycles. The van der Waals surface area contributed by atoms with Crippen molar-refractivity contribution in [2.75, 3.05) is 0 Å². The van der Waals surface area contributed by atoms with Gasteiger partial charge in [-0.3, -0.25) is 4.79 Å². The molecule has 0 aliphatic carbocycles. The van der Waals surface area contributed by atoms with Gasteiger partial charge in [0.15, 0.2) is 5.78 Å². The predicted molar refractivity (Wildman–Crippen MR) is 91.5 cm³/mol. The van der Waals surface area contributed by atoms with E-state index in [0.717, 1.165) is 12.2 Å². The Kier molecular flexibility index (Phi) is 9.59. The number of hydrogen-bond donors (Lipinski definition) is 2. The second-order valence-electron chi connectivity index (χ2n) is 5.25. The molecule has 126 valence electrons. The van der Waals surface area contributed by atoms with Crippen LogP contribution in [0, 0.1) is 37.7 Å². The van der Waals surface area contributed by atoms with Crippen LogP contribution in [0.5, 0.6) is 0 Å². The Labute approximate surface area is 175 Å². The zero-order valence-electron chi connectivity index (χ0n) is 12.8. The fraction of sp³-hybridized carbons (Fsp3) is 0.222. The maximum Gasteiger partial charge on any atom is 0.170 e. The van der Waals surface area contributed by atoms with Gasteiger partial charge in [0.05, 0.1) is 10.0 Å². The molecule has 0 aliphatic heterocycles. The predicted octanol–water partition coefficient (Wildman–Crippen LogP) is 4.64. The molecule has 0 fully saturated rings. The van der Waals surface area contributed by atoms with Crippen LogP contribution < -0.4 is 0 Å². The molecule has 2 rings (SSSR count). The van der Waals surface area contributed by atoms with Crippen LogP contribution in [0.2, 0.25) is 10.0 Å². The van der Waals surface area contributed by atoms with E-state index in [1.807, 2.05) is 6.07 Å². The molecule has 0 radical (unpaired) electrons. The largest absolute Gasteiger partial charge is 0.564 e. The van der Waals surface area contributed by atoms with Gasteiger partial charge in [-0.1, -0.05) is 66.0 Å². The number of Topliss-reactive ketones (excluding diaryl/α,β-unsaturated/α-hetero) is 1. The summed E-state index contributed by atoms with van der Waals surface area (Å²) in [6.07, 6.45) is -0.326. The zero-order chi connectivity index (χ0) is 16.8. The summed E-state index contributed by atoms with van der Waals surface area (Å²) in [7, 11) is 0. The Morgan fingerprint density at radius 2 is 1.71 bits per heavy atom. The Hall–Kier alpha value is -0.338. The van der Waals surface area contributed by atoms with Gasteiger partial charge in [0, 0.05) is 42.6 Å². The normalized spacial score (nSPS) is 13.0. The topological polar surface area (TPSA) is 57.5 Å². The average Bonchev–Trinajstić information content (AvgIpc) is 2.58. The maximum absolute atomic E-state index is 12.8. The molecule has 2 aromatic carbocycles. The summed E-state index contributed by atoms with van der Waals surface area (Å²) >= 11 is 12.0. The van der Waals surface area contributed by atoms with Crippen LogP contribution in [0.4, 0.5) is 0 Å². The van der Waals surface area contributed by atoms with Gasteiger partial charge in [-0.2, -0.15) is 6.61 Å². The minimum atomic E-state index is -0.969. The van der Waals surface area contributed by atoms with E-state index in [4.69, 9.17) is 28.3 Å². The molecule has 3 nitrogen and oxygen atoms in total. The Morgan fingerprint density at radius 3 is 2.29 bits per heavy atom. The minimum Gasteiger partial charge on any atom is -0.564 e. The van der Waals surface area contributed by atoms with E-state index in [-0.39, 0.29) is 43.3 Å². The summed E-state index contributed by atoms with van der Waals surface area (Å²) in [5.74, 6) is -0.532. The second-order valence-corrected chi connectivity index (χ2v) is 6.06. The van der Waals surface area contributed by atoms with Crippen molar-refractivity contribution >= 4 is 29.0 Å². The number of benzene rings is 2. The van der Waals surface area contributed by atoms with E-state index in [2.05, 4.69) is 0 Å². The number of hydrogen-bond acceptors (Lipinski definition) is 3. The molecule has 0 aromatic heterocycles. The first kappa shape index (κ1) is 21.7. The molecular weight excluding hydrogens is 573 g/mol. The van der Waals surface area contributed by atoms with Crippen molar-refractivity contribution in [3.8, 4) is 0 Å². The van der Waals surface area contributed by atoms with Crippen molar-refractivity contribution < 1.29 is 46.1 Å². The number of aliphatic hydroxyl groups is 2. The molecule has 0 bridgehead atoms. The second kappa shape index (κ2) is 10.6. The zero-order valence-corrected chi connectivity index (χ0v) is 18.5. The summed E-state index contributed by atoms with van der Waals surface area (Å²) < 4.78 is 0. The van der Waals surface area contributed by atoms with E-state index in [0.29, 0.717) is 22.0 Å². The van der Waals surface area contributed by atoms with Crippen LogP contribution >= 0.6 is 23.2 Å². The molecule has 2 atom stereocenters. The van der Waals surface area contributed by atoms with Gasteiger partial charge in [-0.05, 0) is 30.2 Å². The van der Waals surface area contributed by atoms with Crippen molar-refractivity contribution in [2.24, 2.45) is 0 Å². The number of aliphatic hydroxyl groups excluding tert-OH is 2. The molecule has 2 aromatic rings. The van der Waals surface area contributed by atoms with Crippen molar-refractivity contribution in [3.63, 3.8) is 0 Å². The summed E-state index contributed by atoms with van der Waals surface area (Å²) in [6, 6.07) is 14.0. The number of ketones is 1. The summed E-state index contributed by atoms with van der Waals surface area (Å²) in [5, 5.41) is 19.2. The molecular formula is C18H17Cl2O3U-. The molecule has 0 aliphatic rings. The third kappa shape index (κ3) is 5.88. The van der Waals surface area contributed by atoms with Crippen molar-refractivity contribution in [2.45, 2.75) is 24.9 Å². The fourth-order valence-electron chi connectivity index (χ4n) is 2.39. The van der Waals surface area contributed by atoms with Crippen molar-refractivity contribution in [1.82, 2.24) is 0 Å². The van der Waals surface area contributed by atoms with Gasteiger partial charge < -0.3 is 10.2 Å². The molecule has 0 amide bonds. The standard InChI is InChI=1S/C18H17Cl2O3.U/c19-16-9-6-13(10-17(16)20)15(8-7-14(22)11-21)18(23)12-4-2-1-3-5-12;/h1-6,9-11,14-15,21-22H,7-8H2;/q-1;. The molecule has 0 saturated heterocycles. The van der Waals surface area contributed by atoms with Crippen LogP contribution in [0.3, 0.4) is 0 Å². The molecule has 24 heavy (non-hydrogen) atoms. The Bertz CT molecular complexity index is 665. The quantitative estimate of drug-likeness (QED) is 0.366.